The second kappa shape index (κ2) is 9.06. The van der Waals surface area contributed by atoms with Crippen LogP contribution in [0, 0.1) is 12.3 Å². The van der Waals surface area contributed by atoms with Crippen LogP contribution in [0.5, 0.6) is 11.5 Å². The molecular weight excluding hydrogens is 310 g/mol. The van der Waals surface area contributed by atoms with Crippen LogP contribution in [0.1, 0.15) is 12.5 Å². The third-order valence-corrected chi connectivity index (χ3v) is 2.79. The highest BCUT2D eigenvalue weighted by Gasteiger charge is 2.11. The van der Waals surface area contributed by atoms with Crippen LogP contribution in [0.4, 0.5) is 0 Å². The molecule has 0 aliphatic carbocycles. The number of nitrogens with zero attached hydrogens (tertiary/aromatic N) is 1. The van der Waals surface area contributed by atoms with Crippen molar-refractivity contribution in [2.45, 2.75) is 6.92 Å². The minimum absolute atomic E-state index is 0.113. The number of hydrazone groups is 1. The molecule has 1 aromatic rings. The van der Waals surface area contributed by atoms with E-state index < -0.39 is 0 Å². The average Bonchev–Trinajstić information content (AvgIpc) is 2.46. The number of thiocarbonyl (C=S) groups is 1. The molecule has 0 spiro atoms. The van der Waals surface area contributed by atoms with Crippen molar-refractivity contribution in [3.63, 3.8) is 0 Å². The summed E-state index contributed by atoms with van der Waals surface area (Å²) in [5.74, 6) is 3.26. The zero-order valence-corrected chi connectivity index (χ0v) is 13.3. The molecule has 1 aromatic carbocycles. The van der Waals surface area contributed by atoms with Gasteiger partial charge in [0, 0.05) is 6.54 Å². The Morgan fingerprint density at radius 1 is 1.57 bits per heavy atom. The normalized spacial score (nSPS) is 10.0. The van der Waals surface area contributed by atoms with Gasteiger partial charge in [0.25, 0.3) is 0 Å². The lowest BCUT2D eigenvalue weighted by atomic mass is 10.2. The van der Waals surface area contributed by atoms with Gasteiger partial charge < -0.3 is 14.8 Å². The number of benzene rings is 1. The summed E-state index contributed by atoms with van der Waals surface area (Å²) in [5, 5.41) is 7.75. The van der Waals surface area contributed by atoms with Crippen LogP contribution in [0.25, 0.3) is 0 Å². The molecular formula is C14H16ClN3O2S. The highest BCUT2D eigenvalue weighted by molar-refractivity contribution is 7.80. The van der Waals surface area contributed by atoms with Crippen LogP contribution in [0.2, 0.25) is 5.02 Å². The number of methoxy groups -OCH3 is 1. The Bertz CT molecular complexity index is 570. The van der Waals surface area contributed by atoms with Gasteiger partial charge in [-0.05, 0) is 36.8 Å². The van der Waals surface area contributed by atoms with E-state index in [4.69, 9.17) is 39.7 Å². The van der Waals surface area contributed by atoms with E-state index in [0.29, 0.717) is 21.6 Å². The van der Waals surface area contributed by atoms with Gasteiger partial charge in [-0.25, -0.2) is 0 Å². The summed E-state index contributed by atoms with van der Waals surface area (Å²) in [6, 6.07) is 3.43. The van der Waals surface area contributed by atoms with Gasteiger partial charge >= 0.3 is 0 Å². The van der Waals surface area contributed by atoms with Crippen molar-refractivity contribution in [2.75, 3.05) is 20.3 Å². The Morgan fingerprint density at radius 2 is 2.33 bits per heavy atom. The van der Waals surface area contributed by atoms with E-state index in [2.05, 4.69) is 21.8 Å². The average molecular weight is 326 g/mol. The van der Waals surface area contributed by atoms with Crippen LogP contribution in [0.15, 0.2) is 17.2 Å². The van der Waals surface area contributed by atoms with Crippen molar-refractivity contribution in [2.24, 2.45) is 5.10 Å². The Hall–Kier alpha value is -1.97. The molecule has 0 saturated heterocycles. The first kappa shape index (κ1) is 17.1. The largest absolute Gasteiger partial charge is 0.493 e. The third kappa shape index (κ3) is 5.50. The minimum atomic E-state index is 0.113. The lowest BCUT2D eigenvalue weighted by Crippen LogP contribution is -2.31. The van der Waals surface area contributed by atoms with Crippen LogP contribution in [0.3, 0.4) is 0 Å². The summed E-state index contributed by atoms with van der Waals surface area (Å²) in [6.07, 6.45) is 6.73. The number of hydrogen-bond donors (Lipinski definition) is 2. The molecule has 0 fully saturated rings. The number of hydrogen-bond acceptors (Lipinski definition) is 4. The van der Waals surface area contributed by atoms with Gasteiger partial charge in [0.2, 0.25) is 0 Å². The molecule has 112 valence electrons. The highest BCUT2D eigenvalue weighted by Crippen LogP contribution is 2.35. The summed E-state index contributed by atoms with van der Waals surface area (Å²) in [7, 11) is 1.52. The monoisotopic (exact) mass is 325 g/mol. The van der Waals surface area contributed by atoms with Crippen LogP contribution >= 0.6 is 23.8 Å². The van der Waals surface area contributed by atoms with E-state index in [0.717, 1.165) is 12.1 Å². The molecule has 2 N–H and O–H groups in total. The third-order valence-electron chi connectivity index (χ3n) is 2.27. The SMILES string of the molecule is C#CCOc1c(Cl)cc(/C=N\NC(=S)NCC)cc1OC. The first-order valence-electron chi connectivity index (χ1n) is 6.13. The second-order valence-corrected chi connectivity index (χ2v) is 4.57. The summed E-state index contributed by atoms with van der Waals surface area (Å²) in [4.78, 5) is 0. The van der Waals surface area contributed by atoms with Crippen molar-refractivity contribution in [3.8, 4) is 23.8 Å². The zero-order valence-electron chi connectivity index (χ0n) is 11.8. The van der Waals surface area contributed by atoms with Crippen molar-refractivity contribution < 1.29 is 9.47 Å². The Kier molecular flexibility index (Phi) is 7.37. The Morgan fingerprint density at radius 3 is 2.95 bits per heavy atom. The zero-order chi connectivity index (χ0) is 15.7. The standard InChI is InChI=1S/C14H16ClN3O2S/c1-4-6-20-13-11(15)7-10(8-12(13)19-3)9-17-18-14(21)16-5-2/h1,7-9H,5-6H2,2-3H3,(H2,16,18,21)/b17-9-. The molecule has 0 radical (unpaired) electrons. The quantitative estimate of drug-likeness (QED) is 0.363. The molecule has 1 rings (SSSR count). The van der Waals surface area contributed by atoms with Gasteiger partial charge in [0.15, 0.2) is 16.6 Å². The van der Waals surface area contributed by atoms with E-state index in [9.17, 15) is 0 Å². The maximum atomic E-state index is 6.15. The number of terminal acetylenes is 1. The van der Waals surface area contributed by atoms with E-state index in [1.165, 1.54) is 7.11 Å². The lowest BCUT2D eigenvalue weighted by molar-refractivity contribution is 0.331. The molecule has 0 amide bonds. The Balaban J connectivity index is 2.85. The number of ether oxygens (including phenoxy) is 2. The molecule has 0 aromatic heterocycles. The van der Waals surface area contributed by atoms with Crippen molar-refractivity contribution in [1.29, 1.82) is 0 Å². The van der Waals surface area contributed by atoms with Gasteiger partial charge in [-0.3, -0.25) is 5.43 Å². The molecule has 0 unspecified atom stereocenters. The fourth-order valence-corrected chi connectivity index (χ4v) is 1.90. The highest BCUT2D eigenvalue weighted by atomic mass is 35.5. The van der Waals surface area contributed by atoms with Crippen molar-refractivity contribution >= 4 is 35.1 Å². The second-order valence-electron chi connectivity index (χ2n) is 3.76. The molecule has 0 atom stereocenters. The number of rotatable bonds is 6. The van der Waals surface area contributed by atoms with Gasteiger partial charge in [-0.1, -0.05) is 17.5 Å². The van der Waals surface area contributed by atoms with E-state index >= 15 is 0 Å². The first-order chi connectivity index (χ1) is 10.1. The van der Waals surface area contributed by atoms with Gasteiger partial charge in [0.1, 0.15) is 6.61 Å². The lowest BCUT2D eigenvalue weighted by Gasteiger charge is -2.11. The van der Waals surface area contributed by atoms with Gasteiger partial charge in [-0.2, -0.15) is 5.10 Å². The fourth-order valence-electron chi connectivity index (χ4n) is 1.43. The molecule has 5 nitrogen and oxygen atoms in total. The number of nitrogens with one attached hydrogen (secondary N) is 2. The minimum Gasteiger partial charge on any atom is -0.493 e. The molecule has 0 saturated carbocycles. The fraction of sp³-hybridized carbons (Fsp3) is 0.286. The summed E-state index contributed by atoms with van der Waals surface area (Å²) < 4.78 is 10.6. The molecule has 21 heavy (non-hydrogen) atoms. The number of halogens is 1. The maximum Gasteiger partial charge on any atom is 0.186 e. The molecule has 7 heteroatoms. The summed E-state index contributed by atoms with van der Waals surface area (Å²) in [6.45, 7) is 2.78. The van der Waals surface area contributed by atoms with Crippen molar-refractivity contribution in [3.05, 3.63) is 22.7 Å². The predicted octanol–water partition coefficient (Wildman–Crippen LogP) is 2.18. The summed E-state index contributed by atoms with van der Waals surface area (Å²) >= 11 is 11.1. The predicted molar refractivity (Wildman–Crippen MR) is 89.3 cm³/mol. The first-order valence-corrected chi connectivity index (χ1v) is 6.91. The van der Waals surface area contributed by atoms with Gasteiger partial charge in [0.05, 0.1) is 18.3 Å². The van der Waals surface area contributed by atoms with Crippen LogP contribution in [-0.4, -0.2) is 31.6 Å². The summed E-state index contributed by atoms with van der Waals surface area (Å²) in [5.41, 5.74) is 3.42. The molecule has 0 bridgehead atoms. The van der Waals surface area contributed by atoms with Crippen molar-refractivity contribution in [1.82, 2.24) is 10.7 Å². The van der Waals surface area contributed by atoms with Crippen LogP contribution < -0.4 is 20.2 Å². The van der Waals surface area contributed by atoms with E-state index in [1.54, 1.807) is 18.3 Å². The van der Waals surface area contributed by atoms with E-state index in [-0.39, 0.29) is 6.61 Å². The smallest absolute Gasteiger partial charge is 0.186 e. The maximum absolute atomic E-state index is 6.15. The Labute approximate surface area is 134 Å². The molecule has 0 aliphatic rings. The van der Waals surface area contributed by atoms with Crippen LogP contribution in [-0.2, 0) is 0 Å². The molecule has 0 heterocycles. The van der Waals surface area contributed by atoms with Gasteiger partial charge in [-0.15, -0.1) is 6.42 Å². The molecule has 0 aliphatic heterocycles. The van der Waals surface area contributed by atoms with E-state index in [1.807, 2.05) is 6.92 Å². The topological polar surface area (TPSA) is 54.9 Å².